The number of benzene rings is 1. The van der Waals surface area contributed by atoms with E-state index >= 15 is 0 Å². The van der Waals surface area contributed by atoms with Crippen molar-refractivity contribution < 1.29 is 42.1 Å². The summed E-state index contributed by atoms with van der Waals surface area (Å²) in [5.74, 6) is -2.67. The predicted molar refractivity (Wildman–Crippen MR) is 177 cm³/mol. The number of carbonyl (C=O) groups excluding carboxylic acids is 1. The van der Waals surface area contributed by atoms with E-state index < -0.39 is 52.1 Å². The SMILES string of the molecule is CC1CCCC(C(NC(=O)c2cnc(N3CC4(CCOCC4)c4cc(OC5CN(C6COC6)C5)ccc43)nc2C(F)(F)F)(C(=O)O)C(C)C)C1. The zero-order chi connectivity index (χ0) is 35.4. The standard InChI is InChI=1S/C36H46F3N5O6/c1-21(2)35(32(46)47,23-6-4-5-22(3)13-23)42-31(45)27-15-40-33(41-30(27)36(37,38)39)44-20-34(9-11-48-12-10-34)28-14-25(7-8-29(28)44)50-26-16-43(17-26)24-18-49-19-24/h7-8,14-15,21-24,26H,4-6,9-13,16-20H2,1-3H3,(H,42,45)(H,46,47). The molecule has 3 saturated heterocycles. The molecule has 1 aliphatic carbocycles. The van der Waals surface area contributed by atoms with Gasteiger partial charge >= 0.3 is 12.1 Å². The summed E-state index contributed by atoms with van der Waals surface area (Å²) in [6.07, 6.45) is 0.0763. The Kier molecular flexibility index (Phi) is 9.25. The van der Waals surface area contributed by atoms with Gasteiger partial charge in [0.15, 0.2) is 5.69 Å². The van der Waals surface area contributed by atoms with Crippen LogP contribution in [-0.4, -0.2) is 95.6 Å². The number of carboxylic acid groups (broad SMARTS) is 1. The summed E-state index contributed by atoms with van der Waals surface area (Å²) in [6, 6.07) is 6.11. The van der Waals surface area contributed by atoms with Crippen LogP contribution in [-0.2, 0) is 25.9 Å². The van der Waals surface area contributed by atoms with Gasteiger partial charge in [-0.1, -0.05) is 33.6 Å². The fraction of sp³-hybridized carbons (Fsp3) is 0.667. The van der Waals surface area contributed by atoms with Crippen molar-refractivity contribution in [3.8, 4) is 5.75 Å². The number of nitrogens with one attached hydrogen (secondary N) is 1. The summed E-state index contributed by atoms with van der Waals surface area (Å²) in [4.78, 5) is 39.0. The highest BCUT2D eigenvalue weighted by Gasteiger charge is 2.52. The van der Waals surface area contributed by atoms with Gasteiger partial charge in [0, 0.05) is 50.1 Å². The molecule has 1 spiro atoms. The van der Waals surface area contributed by atoms with Gasteiger partial charge < -0.3 is 29.5 Å². The molecule has 50 heavy (non-hydrogen) atoms. The van der Waals surface area contributed by atoms with Crippen LogP contribution in [0.4, 0.5) is 24.8 Å². The van der Waals surface area contributed by atoms with Crippen LogP contribution in [0.1, 0.15) is 80.9 Å². The fourth-order valence-corrected chi connectivity index (χ4v) is 8.74. The summed E-state index contributed by atoms with van der Waals surface area (Å²) < 4.78 is 61.5. The lowest BCUT2D eigenvalue weighted by atomic mass is 9.66. The van der Waals surface area contributed by atoms with Crippen LogP contribution in [0.3, 0.4) is 0 Å². The topological polar surface area (TPSA) is 126 Å². The van der Waals surface area contributed by atoms with Crippen molar-refractivity contribution in [1.82, 2.24) is 20.2 Å². The highest BCUT2D eigenvalue weighted by molar-refractivity contribution is 5.99. The Balaban J connectivity index is 1.18. The molecule has 4 aliphatic heterocycles. The molecule has 7 rings (SSSR count). The number of carboxylic acids is 1. The van der Waals surface area contributed by atoms with E-state index in [1.807, 2.05) is 25.1 Å². The Labute approximate surface area is 289 Å². The van der Waals surface area contributed by atoms with E-state index in [9.17, 15) is 27.9 Å². The molecule has 14 heteroatoms. The first kappa shape index (κ1) is 34.9. The number of amides is 1. The number of hydrogen-bond acceptors (Lipinski definition) is 9. The van der Waals surface area contributed by atoms with Crippen LogP contribution in [0.5, 0.6) is 5.75 Å². The summed E-state index contributed by atoms with van der Waals surface area (Å²) in [6.45, 7) is 9.86. The van der Waals surface area contributed by atoms with Gasteiger partial charge in [0.25, 0.3) is 5.91 Å². The quantitative estimate of drug-likeness (QED) is 0.361. The van der Waals surface area contributed by atoms with Crippen molar-refractivity contribution in [3.63, 3.8) is 0 Å². The van der Waals surface area contributed by atoms with Crippen LogP contribution >= 0.6 is 0 Å². The average Bonchev–Trinajstić information content (AvgIpc) is 3.33. The molecule has 272 valence electrons. The molecular formula is C36H46F3N5O6. The number of aromatic nitrogens is 2. The van der Waals surface area contributed by atoms with Crippen LogP contribution in [0, 0.1) is 17.8 Å². The van der Waals surface area contributed by atoms with E-state index in [-0.39, 0.29) is 18.0 Å². The summed E-state index contributed by atoms with van der Waals surface area (Å²) in [7, 11) is 0. The van der Waals surface area contributed by atoms with Gasteiger partial charge in [-0.2, -0.15) is 13.2 Å². The van der Waals surface area contributed by atoms with Gasteiger partial charge in [0.2, 0.25) is 5.95 Å². The lowest BCUT2D eigenvalue weighted by molar-refractivity contribution is -0.150. The number of rotatable bonds is 9. The fourth-order valence-electron chi connectivity index (χ4n) is 8.74. The van der Waals surface area contributed by atoms with Gasteiger partial charge in [-0.05, 0) is 67.2 Å². The number of halogens is 3. The van der Waals surface area contributed by atoms with E-state index in [1.54, 1.807) is 18.7 Å². The molecule has 2 N–H and O–H groups in total. The smallest absolute Gasteiger partial charge is 0.434 e. The van der Waals surface area contributed by atoms with E-state index in [4.69, 9.17) is 14.2 Å². The number of carbonyl (C=O) groups is 2. The molecule has 1 aromatic carbocycles. The van der Waals surface area contributed by atoms with Crippen molar-refractivity contribution >= 4 is 23.5 Å². The van der Waals surface area contributed by atoms with Crippen molar-refractivity contribution in [1.29, 1.82) is 0 Å². The second kappa shape index (κ2) is 13.2. The van der Waals surface area contributed by atoms with Crippen LogP contribution in [0.2, 0.25) is 0 Å². The molecule has 11 nitrogen and oxygen atoms in total. The lowest BCUT2D eigenvalue weighted by Gasteiger charge is -2.46. The van der Waals surface area contributed by atoms with Crippen molar-refractivity contribution in [2.75, 3.05) is 51.0 Å². The molecule has 3 unspecified atom stereocenters. The molecule has 3 atom stereocenters. The van der Waals surface area contributed by atoms with Gasteiger partial charge in [-0.25, -0.2) is 14.8 Å². The maximum atomic E-state index is 14.7. The number of hydrogen-bond donors (Lipinski definition) is 2. The van der Waals surface area contributed by atoms with Gasteiger partial charge in [-0.3, -0.25) is 9.69 Å². The van der Waals surface area contributed by atoms with Crippen LogP contribution in [0.15, 0.2) is 24.4 Å². The van der Waals surface area contributed by atoms with Gasteiger partial charge in [0.05, 0.1) is 24.8 Å². The highest BCUT2D eigenvalue weighted by atomic mass is 19.4. The number of likely N-dealkylation sites (tertiary alicyclic amines) is 1. The second-order valence-corrected chi connectivity index (χ2v) is 15.2. The third kappa shape index (κ3) is 6.21. The monoisotopic (exact) mass is 701 g/mol. The number of ether oxygens (including phenoxy) is 3. The predicted octanol–water partition coefficient (Wildman–Crippen LogP) is 5.19. The molecule has 5 aliphatic rings. The Morgan fingerprint density at radius 2 is 1.86 bits per heavy atom. The number of nitrogens with zero attached hydrogens (tertiary/aromatic N) is 4. The zero-order valence-corrected chi connectivity index (χ0v) is 28.8. The third-order valence-electron chi connectivity index (χ3n) is 11.8. The van der Waals surface area contributed by atoms with E-state index in [1.165, 1.54) is 0 Å². The van der Waals surface area contributed by atoms with Crippen LogP contribution in [0.25, 0.3) is 0 Å². The average molecular weight is 702 g/mol. The van der Waals surface area contributed by atoms with Crippen molar-refractivity contribution in [2.45, 2.75) is 88.6 Å². The zero-order valence-electron chi connectivity index (χ0n) is 28.8. The molecule has 5 heterocycles. The number of anilines is 2. The molecule has 1 amide bonds. The normalized spacial score (nSPS) is 25.5. The maximum Gasteiger partial charge on any atom is 0.434 e. The molecular weight excluding hydrogens is 655 g/mol. The van der Waals surface area contributed by atoms with E-state index in [0.29, 0.717) is 62.9 Å². The maximum absolute atomic E-state index is 14.7. The third-order valence-corrected chi connectivity index (χ3v) is 11.8. The second-order valence-electron chi connectivity index (χ2n) is 15.2. The molecule has 1 aromatic heterocycles. The van der Waals surface area contributed by atoms with Gasteiger partial charge in [-0.15, -0.1) is 0 Å². The van der Waals surface area contributed by atoms with Gasteiger partial charge in [0.1, 0.15) is 17.4 Å². The Bertz CT molecular complexity index is 1610. The minimum Gasteiger partial charge on any atom is -0.488 e. The minimum absolute atomic E-state index is 0.0465. The number of aliphatic carboxylic acids is 1. The first-order valence-corrected chi connectivity index (χ1v) is 17.8. The molecule has 0 bridgehead atoms. The first-order valence-electron chi connectivity index (χ1n) is 17.8. The number of alkyl halides is 3. The minimum atomic E-state index is -5.01. The summed E-state index contributed by atoms with van der Waals surface area (Å²) >= 11 is 0. The largest absolute Gasteiger partial charge is 0.488 e. The summed E-state index contributed by atoms with van der Waals surface area (Å²) in [5, 5.41) is 13.1. The molecule has 4 fully saturated rings. The van der Waals surface area contributed by atoms with Crippen LogP contribution < -0.4 is 15.0 Å². The molecule has 1 saturated carbocycles. The van der Waals surface area contributed by atoms with Crippen molar-refractivity contribution in [2.24, 2.45) is 17.8 Å². The Morgan fingerprint density at radius 1 is 1.12 bits per heavy atom. The molecule has 2 aromatic rings. The summed E-state index contributed by atoms with van der Waals surface area (Å²) in [5.41, 5.74) is -2.73. The van der Waals surface area contributed by atoms with E-state index in [2.05, 4.69) is 20.2 Å². The lowest BCUT2D eigenvalue weighted by Crippen LogP contribution is -2.63. The number of fused-ring (bicyclic) bond motifs is 2. The van der Waals surface area contributed by atoms with Crippen molar-refractivity contribution in [3.05, 3.63) is 41.2 Å². The Morgan fingerprint density at radius 3 is 2.48 bits per heavy atom. The molecule has 0 radical (unpaired) electrons. The van der Waals surface area contributed by atoms with E-state index in [0.717, 1.165) is 50.9 Å². The Hall–Kier alpha value is -3.49. The first-order chi connectivity index (χ1) is 23.8. The highest BCUT2D eigenvalue weighted by Crippen LogP contribution is 2.50.